The zero-order chi connectivity index (χ0) is 27.8. The lowest BCUT2D eigenvalue weighted by molar-refractivity contribution is -0.139. The van der Waals surface area contributed by atoms with Gasteiger partial charge in [-0.15, -0.1) is 0 Å². The van der Waals surface area contributed by atoms with Crippen LogP contribution in [0.25, 0.3) is 0 Å². The highest BCUT2D eigenvalue weighted by atomic mass is 16.2. The molecule has 0 aromatic heterocycles. The van der Waals surface area contributed by atoms with E-state index < -0.39 is 23.8 Å². The van der Waals surface area contributed by atoms with Crippen molar-refractivity contribution in [3.05, 3.63) is 24.3 Å². The van der Waals surface area contributed by atoms with E-state index in [0.717, 1.165) is 37.0 Å². The average molecular weight is 533 g/mol. The number of nitrogens with two attached hydrogens (primary N) is 1. The highest BCUT2D eigenvalue weighted by Gasteiger charge is 2.25. The van der Waals surface area contributed by atoms with Crippen molar-refractivity contribution in [3.63, 3.8) is 0 Å². The van der Waals surface area contributed by atoms with E-state index in [0.29, 0.717) is 52.0 Å². The molecule has 2 aliphatic heterocycles. The van der Waals surface area contributed by atoms with Gasteiger partial charge in [-0.3, -0.25) is 38.6 Å². The molecule has 38 heavy (non-hydrogen) atoms. The zero-order valence-electron chi connectivity index (χ0n) is 21.9. The maximum Gasteiger partial charge on any atom is 0.253 e. The molecule has 210 valence electrons. The minimum Gasteiger partial charge on any atom is -0.354 e. The molecule has 12 nitrogen and oxygen atoms in total. The SMILES string of the molecule is NCCCCCCNC(=O)C(CCCCNCCCN1C(=O)C=CC1=O)NC(=O)CCN1C(=O)C=CC1=O. The minimum atomic E-state index is -0.714. The highest BCUT2D eigenvalue weighted by molar-refractivity contribution is 6.13. The molecule has 0 radical (unpaired) electrons. The maximum atomic E-state index is 12.8. The lowest BCUT2D eigenvalue weighted by atomic mass is 10.1. The van der Waals surface area contributed by atoms with Crippen LogP contribution in [0.15, 0.2) is 24.3 Å². The van der Waals surface area contributed by atoms with Gasteiger partial charge in [-0.05, 0) is 58.2 Å². The Balaban J connectivity index is 1.69. The number of rotatable bonds is 20. The van der Waals surface area contributed by atoms with Gasteiger partial charge in [-0.1, -0.05) is 12.8 Å². The van der Waals surface area contributed by atoms with Gasteiger partial charge in [0.2, 0.25) is 11.8 Å². The molecule has 1 unspecified atom stereocenters. The Bertz CT molecular complexity index is 882. The summed E-state index contributed by atoms with van der Waals surface area (Å²) in [6.07, 6.45) is 11.1. The van der Waals surface area contributed by atoms with Gasteiger partial charge in [-0.25, -0.2) is 0 Å². The van der Waals surface area contributed by atoms with Gasteiger partial charge in [0.25, 0.3) is 23.6 Å². The monoisotopic (exact) mass is 532 g/mol. The first-order chi connectivity index (χ1) is 18.3. The molecule has 12 heteroatoms. The van der Waals surface area contributed by atoms with Gasteiger partial charge in [-0.2, -0.15) is 0 Å². The summed E-state index contributed by atoms with van der Waals surface area (Å²) >= 11 is 0. The summed E-state index contributed by atoms with van der Waals surface area (Å²) in [7, 11) is 0. The van der Waals surface area contributed by atoms with Crippen LogP contribution >= 0.6 is 0 Å². The topological polar surface area (TPSA) is 171 Å². The van der Waals surface area contributed by atoms with Crippen LogP contribution in [0.5, 0.6) is 0 Å². The molecule has 0 aliphatic carbocycles. The largest absolute Gasteiger partial charge is 0.354 e. The van der Waals surface area contributed by atoms with Crippen molar-refractivity contribution in [2.75, 3.05) is 39.3 Å². The molecule has 0 saturated carbocycles. The summed E-state index contributed by atoms with van der Waals surface area (Å²) in [6.45, 7) is 2.82. The van der Waals surface area contributed by atoms with Crippen LogP contribution in [-0.4, -0.2) is 90.6 Å². The predicted octanol–water partition coefficient (Wildman–Crippen LogP) is -0.503. The van der Waals surface area contributed by atoms with Crippen molar-refractivity contribution in [1.82, 2.24) is 25.8 Å². The summed E-state index contributed by atoms with van der Waals surface area (Å²) < 4.78 is 0. The second-order valence-corrected chi connectivity index (χ2v) is 9.29. The Morgan fingerprint density at radius 1 is 0.711 bits per heavy atom. The molecular formula is C26H40N6O6. The number of carbonyl (C=O) groups excluding carboxylic acids is 6. The third-order valence-electron chi connectivity index (χ3n) is 6.28. The Morgan fingerprint density at radius 3 is 1.89 bits per heavy atom. The second-order valence-electron chi connectivity index (χ2n) is 9.29. The fraction of sp³-hybridized carbons (Fsp3) is 0.615. The predicted molar refractivity (Wildman–Crippen MR) is 140 cm³/mol. The smallest absolute Gasteiger partial charge is 0.253 e. The Labute approximate surface area is 223 Å². The standard InChI is InChI=1S/C26H40N6O6/c27-14-4-1-2-5-17-29-26(38)20(30-21(33)13-19-32-24(36)11-12-25(32)37)8-3-6-15-28-16-7-18-31-22(34)9-10-23(31)35/h9-12,20,28H,1-8,13-19,27H2,(H,29,38)(H,30,33). The number of carbonyl (C=O) groups is 6. The first kappa shape index (κ1) is 30.8. The van der Waals surface area contributed by atoms with E-state index in [1.54, 1.807) is 0 Å². The molecule has 5 N–H and O–H groups in total. The van der Waals surface area contributed by atoms with Crippen LogP contribution in [0, 0.1) is 0 Å². The van der Waals surface area contributed by atoms with Crippen molar-refractivity contribution in [1.29, 1.82) is 0 Å². The van der Waals surface area contributed by atoms with Gasteiger partial charge in [0.1, 0.15) is 6.04 Å². The van der Waals surface area contributed by atoms with Crippen molar-refractivity contribution >= 4 is 35.4 Å². The summed E-state index contributed by atoms with van der Waals surface area (Å²) in [5.41, 5.74) is 5.50. The third kappa shape index (κ3) is 10.9. The van der Waals surface area contributed by atoms with E-state index in [1.165, 1.54) is 29.2 Å². The quantitative estimate of drug-likeness (QED) is 0.120. The van der Waals surface area contributed by atoms with Crippen LogP contribution in [0.3, 0.4) is 0 Å². The Hall–Kier alpha value is -3.38. The normalized spacial score (nSPS) is 15.6. The minimum absolute atomic E-state index is 0.0411. The summed E-state index contributed by atoms with van der Waals surface area (Å²) in [6, 6.07) is -0.714. The fourth-order valence-corrected chi connectivity index (χ4v) is 4.09. The van der Waals surface area contributed by atoms with Crippen molar-refractivity contribution < 1.29 is 28.8 Å². The molecule has 0 fully saturated rings. The van der Waals surface area contributed by atoms with Gasteiger partial charge < -0.3 is 21.7 Å². The molecule has 0 saturated heterocycles. The molecule has 0 aromatic rings. The lowest BCUT2D eigenvalue weighted by Gasteiger charge is -2.20. The van der Waals surface area contributed by atoms with Gasteiger partial charge >= 0.3 is 0 Å². The van der Waals surface area contributed by atoms with E-state index >= 15 is 0 Å². The van der Waals surface area contributed by atoms with E-state index in [4.69, 9.17) is 5.73 Å². The van der Waals surface area contributed by atoms with E-state index in [1.807, 2.05) is 0 Å². The lowest BCUT2D eigenvalue weighted by Crippen LogP contribution is -2.47. The number of amides is 6. The van der Waals surface area contributed by atoms with Crippen molar-refractivity contribution in [2.45, 2.75) is 63.8 Å². The molecule has 1 atom stereocenters. The number of imide groups is 2. The van der Waals surface area contributed by atoms with Crippen LogP contribution in [0.4, 0.5) is 0 Å². The molecule has 2 aliphatic rings. The molecule has 2 rings (SSSR count). The third-order valence-corrected chi connectivity index (χ3v) is 6.28. The Morgan fingerprint density at radius 2 is 1.26 bits per heavy atom. The number of hydrogen-bond donors (Lipinski definition) is 4. The summed E-state index contributed by atoms with van der Waals surface area (Å²) in [5, 5.41) is 8.89. The summed E-state index contributed by atoms with van der Waals surface area (Å²) in [4.78, 5) is 73.9. The second kappa shape index (κ2) is 17.2. The first-order valence-electron chi connectivity index (χ1n) is 13.4. The van der Waals surface area contributed by atoms with Crippen LogP contribution in [0.1, 0.15) is 57.8 Å². The first-order valence-corrected chi connectivity index (χ1v) is 13.4. The number of unbranched alkanes of at least 4 members (excludes halogenated alkanes) is 4. The van der Waals surface area contributed by atoms with Crippen LogP contribution in [-0.2, 0) is 28.8 Å². The number of hydrogen-bond acceptors (Lipinski definition) is 8. The number of nitrogens with one attached hydrogen (secondary N) is 3. The van der Waals surface area contributed by atoms with E-state index in [2.05, 4.69) is 16.0 Å². The van der Waals surface area contributed by atoms with Crippen molar-refractivity contribution in [3.8, 4) is 0 Å². The molecule has 2 heterocycles. The molecule has 0 aromatic carbocycles. The average Bonchev–Trinajstić information content (AvgIpc) is 3.39. The molecule has 6 amide bonds. The van der Waals surface area contributed by atoms with Crippen LogP contribution in [0.2, 0.25) is 0 Å². The fourth-order valence-electron chi connectivity index (χ4n) is 4.09. The van der Waals surface area contributed by atoms with Gasteiger partial charge in [0.15, 0.2) is 0 Å². The molecular weight excluding hydrogens is 492 g/mol. The van der Waals surface area contributed by atoms with E-state index in [-0.39, 0.29) is 30.7 Å². The summed E-state index contributed by atoms with van der Waals surface area (Å²) in [5.74, 6) is -2.13. The Kier molecular flexibility index (Phi) is 14.0. The number of nitrogens with zero attached hydrogens (tertiary/aromatic N) is 2. The van der Waals surface area contributed by atoms with Gasteiger partial charge in [0, 0.05) is 50.4 Å². The molecule has 0 spiro atoms. The van der Waals surface area contributed by atoms with Crippen LogP contribution < -0.4 is 21.7 Å². The zero-order valence-corrected chi connectivity index (χ0v) is 21.9. The highest BCUT2D eigenvalue weighted by Crippen LogP contribution is 2.07. The maximum absolute atomic E-state index is 12.8. The van der Waals surface area contributed by atoms with Gasteiger partial charge in [0.05, 0.1) is 0 Å². The van der Waals surface area contributed by atoms with Crippen molar-refractivity contribution in [2.24, 2.45) is 5.73 Å². The molecule has 0 bridgehead atoms. The van der Waals surface area contributed by atoms with E-state index in [9.17, 15) is 28.8 Å².